The highest BCUT2D eigenvalue weighted by Gasteiger charge is 2.37. The number of nitrogens with zero attached hydrogens (tertiary/aromatic N) is 1. The zero-order chi connectivity index (χ0) is 10.1. The van der Waals surface area contributed by atoms with Gasteiger partial charge in [0.1, 0.15) is 0 Å². The molecule has 0 aromatic heterocycles. The van der Waals surface area contributed by atoms with Gasteiger partial charge in [0.25, 0.3) is 4.45 Å². The van der Waals surface area contributed by atoms with Gasteiger partial charge in [-0.1, -0.05) is 6.08 Å². The van der Waals surface area contributed by atoms with E-state index in [0.717, 1.165) is 0 Å². The van der Waals surface area contributed by atoms with E-state index >= 15 is 0 Å². The van der Waals surface area contributed by atoms with Crippen LogP contribution in [0.4, 0.5) is 0 Å². The van der Waals surface area contributed by atoms with Gasteiger partial charge in [0.2, 0.25) is 0 Å². The predicted molar refractivity (Wildman–Crippen MR) is 48.1 cm³/mol. The molecule has 13 heavy (non-hydrogen) atoms. The number of hydrogen-bond donors (Lipinski definition) is 1. The third kappa shape index (κ3) is 1.95. The first kappa shape index (κ1) is 9.91. The number of aliphatic carboxylic acids is 1. The van der Waals surface area contributed by atoms with Gasteiger partial charge in [-0.25, -0.2) is 4.79 Å². The van der Waals surface area contributed by atoms with Gasteiger partial charge >= 0.3 is 5.97 Å². The Hall–Kier alpha value is -1.17. The van der Waals surface area contributed by atoms with Crippen LogP contribution in [0.15, 0.2) is 23.8 Å². The largest absolute Gasteiger partial charge is 0.478 e. The Kier molecular flexibility index (Phi) is 2.51. The lowest BCUT2D eigenvalue weighted by molar-refractivity contribution is -0.521. The summed E-state index contributed by atoms with van der Waals surface area (Å²) in [6.45, 7) is 0. The molecule has 1 N–H and O–H groups in total. The van der Waals surface area contributed by atoms with E-state index in [1.165, 1.54) is 18.2 Å². The Labute approximate surface area is 82.0 Å². The predicted octanol–water partition coefficient (Wildman–Crippen LogP) is 1.33. The second-order valence-electron chi connectivity index (χ2n) is 2.58. The molecule has 1 aliphatic carbocycles. The van der Waals surface area contributed by atoms with E-state index in [1.54, 1.807) is 0 Å². The number of carboxylic acids is 1. The number of carboxylic acid groups (broad SMARTS) is 1. The van der Waals surface area contributed by atoms with E-state index in [9.17, 15) is 14.9 Å². The van der Waals surface area contributed by atoms with Gasteiger partial charge in [-0.3, -0.25) is 10.1 Å². The maximum atomic E-state index is 10.5. The van der Waals surface area contributed by atoms with E-state index in [2.05, 4.69) is 15.9 Å². The molecule has 0 saturated heterocycles. The fraction of sp³-hybridized carbons (Fsp3) is 0.286. The lowest BCUT2D eigenvalue weighted by atomic mass is 10.0. The van der Waals surface area contributed by atoms with Gasteiger partial charge in [-0.05, 0) is 6.08 Å². The van der Waals surface area contributed by atoms with Crippen LogP contribution < -0.4 is 0 Å². The summed E-state index contributed by atoms with van der Waals surface area (Å²) in [5.41, 5.74) is 0.0805. The van der Waals surface area contributed by atoms with Gasteiger partial charge in [0, 0.05) is 26.9 Å². The highest BCUT2D eigenvalue weighted by molar-refractivity contribution is 9.10. The second-order valence-corrected chi connectivity index (χ2v) is 3.95. The standard InChI is InChI=1S/C7H6BrNO4/c8-7(9(12)13)3-1-5(2-4-7)6(10)11/h1-3H,4H2,(H,10,11). The SMILES string of the molecule is O=C(O)C1=CCC(Br)([N+](=O)[O-])C=C1. The maximum absolute atomic E-state index is 10.5. The molecule has 1 aliphatic rings. The fourth-order valence-electron chi connectivity index (χ4n) is 0.901. The van der Waals surface area contributed by atoms with Crippen LogP contribution in [0.2, 0.25) is 0 Å². The van der Waals surface area contributed by atoms with Crippen LogP contribution in [0.1, 0.15) is 6.42 Å². The first-order chi connectivity index (χ1) is 5.96. The van der Waals surface area contributed by atoms with Crippen LogP contribution >= 0.6 is 15.9 Å². The molecule has 1 rings (SSSR count). The van der Waals surface area contributed by atoms with Crippen molar-refractivity contribution < 1.29 is 14.8 Å². The molecule has 0 bridgehead atoms. The van der Waals surface area contributed by atoms with Gasteiger partial charge < -0.3 is 5.11 Å². The molecule has 1 unspecified atom stereocenters. The molecule has 0 aromatic carbocycles. The Morgan fingerprint density at radius 3 is 2.69 bits per heavy atom. The highest BCUT2D eigenvalue weighted by atomic mass is 79.9. The fourth-order valence-corrected chi connectivity index (χ4v) is 1.19. The topological polar surface area (TPSA) is 80.4 Å². The molecule has 0 fully saturated rings. The Morgan fingerprint density at radius 1 is 1.77 bits per heavy atom. The number of carbonyl (C=O) groups is 1. The molecule has 0 saturated carbocycles. The average molecular weight is 248 g/mol. The first-order valence-corrected chi connectivity index (χ1v) is 4.21. The normalized spacial score (nSPS) is 26.7. The van der Waals surface area contributed by atoms with Crippen molar-refractivity contribution in [3.05, 3.63) is 33.9 Å². The van der Waals surface area contributed by atoms with E-state index < -0.39 is 15.3 Å². The van der Waals surface area contributed by atoms with E-state index in [4.69, 9.17) is 5.11 Å². The maximum Gasteiger partial charge on any atom is 0.335 e. The summed E-state index contributed by atoms with van der Waals surface area (Å²) in [7, 11) is 0. The number of rotatable bonds is 2. The van der Waals surface area contributed by atoms with Crippen molar-refractivity contribution in [1.82, 2.24) is 0 Å². The van der Waals surface area contributed by atoms with Crippen LogP contribution in [0, 0.1) is 10.1 Å². The quantitative estimate of drug-likeness (QED) is 0.346. The van der Waals surface area contributed by atoms with Crippen molar-refractivity contribution in [3.63, 3.8) is 0 Å². The summed E-state index contributed by atoms with van der Waals surface area (Å²) in [5, 5.41) is 19.0. The van der Waals surface area contributed by atoms with Crippen LogP contribution in [-0.2, 0) is 4.79 Å². The average Bonchev–Trinajstić information content (AvgIpc) is 2.04. The summed E-state index contributed by atoms with van der Waals surface area (Å²) < 4.78 is -1.34. The molecular formula is C7H6BrNO4. The van der Waals surface area contributed by atoms with Crippen molar-refractivity contribution in [2.45, 2.75) is 10.9 Å². The van der Waals surface area contributed by atoms with Gasteiger partial charge in [-0.15, -0.1) is 0 Å². The smallest absolute Gasteiger partial charge is 0.335 e. The molecule has 0 aromatic rings. The van der Waals surface area contributed by atoms with Crippen molar-refractivity contribution in [2.24, 2.45) is 0 Å². The van der Waals surface area contributed by atoms with Gasteiger partial charge in [0.15, 0.2) is 0 Å². The molecule has 0 aliphatic heterocycles. The Balaban J connectivity index is 2.85. The molecule has 0 spiro atoms. The van der Waals surface area contributed by atoms with Crippen molar-refractivity contribution in [3.8, 4) is 0 Å². The molecule has 0 radical (unpaired) electrons. The Morgan fingerprint density at radius 2 is 2.38 bits per heavy atom. The van der Waals surface area contributed by atoms with Gasteiger partial charge in [-0.2, -0.15) is 0 Å². The number of halogens is 1. The summed E-state index contributed by atoms with van der Waals surface area (Å²) in [4.78, 5) is 20.4. The van der Waals surface area contributed by atoms with Crippen molar-refractivity contribution in [1.29, 1.82) is 0 Å². The minimum absolute atomic E-state index is 0.0398. The summed E-state index contributed by atoms with van der Waals surface area (Å²) in [6, 6.07) is 0. The summed E-state index contributed by atoms with van der Waals surface area (Å²) in [5.74, 6) is -1.07. The minimum Gasteiger partial charge on any atom is -0.478 e. The number of nitro groups is 1. The number of alkyl halides is 1. The first-order valence-electron chi connectivity index (χ1n) is 3.42. The Bertz CT molecular complexity index is 322. The molecule has 70 valence electrons. The zero-order valence-electron chi connectivity index (χ0n) is 6.44. The number of hydrogen-bond acceptors (Lipinski definition) is 3. The molecule has 6 heteroatoms. The summed E-state index contributed by atoms with van der Waals surface area (Å²) in [6.07, 6.45) is 3.82. The van der Waals surface area contributed by atoms with Crippen LogP contribution in [0.3, 0.4) is 0 Å². The molecule has 1 atom stereocenters. The van der Waals surface area contributed by atoms with Crippen molar-refractivity contribution in [2.75, 3.05) is 0 Å². The third-order valence-corrected chi connectivity index (χ3v) is 2.55. The highest BCUT2D eigenvalue weighted by Crippen LogP contribution is 2.30. The van der Waals surface area contributed by atoms with E-state index in [-0.39, 0.29) is 12.0 Å². The minimum atomic E-state index is -1.34. The van der Waals surface area contributed by atoms with Crippen LogP contribution in [-0.4, -0.2) is 20.4 Å². The zero-order valence-corrected chi connectivity index (χ0v) is 8.02. The molecule has 0 amide bonds. The van der Waals surface area contributed by atoms with Crippen LogP contribution in [0.5, 0.6) is 0 Å². The van der Waals surface area contributed by atoms with Gasteiger partial charge in [0.05, 0.1) is 12.0 Å². The van der Waals surface area contributed by atoms with Crippen LogP contribution in [0.25, 0.3) is 0 Å². The summed E-state index contributed by atoms with van der Waals surface area (Å²) >= 11 is 2.91. The lowest BCUT2D eigenvalue weighted by Crippen LogP contribution is -2.29. The monoisotopic (exact) mass is 247 g/mol. The third-order valence-electron chi connectivity index (χ3n) is 1.68. The molecule has 5 nitrogen and oxygen atoms in total. The van der Waals surface area contributed by atoms with E-state index in [1.807, 2.05) is 0 Å². The molecular weight excluding hydrogens is 242 g/mol. The second kappa shape index (κ2) is 3.29. The van der Waals surface area contributed by atoms with E-state index in [0.29, 0.717) is 0 Å². The lowest BCUT2D eigenvalue weighted by Gasteiger charge is -2.15. The molecule has 0 heterocycles. The van der Waals surface area contributed by atoms with Crippen molar-refractivity contribution >= 4 is 21.9 Å².